The average molecular weight is 614 g/mol. The number of nitrogens with two attached hydrogens (primary N) is 1. The van der Waals surface area contributed by atoms with Crippen molar-refractivity contribution in [2.45, 2.75) is 99.0 Å². The fourth-order valence-electron chi connectivity index (χ4n) is 5.99. The maximum atomic E-state index is 6.59. The van der Waals surface area contributed by atoms with E-state index in [1.54, 1.807) is 49.8 Å². The lowest BCUT2D eigenvalue weighted by atomic mass is 9.95. The highest BCUT2D eigenvalue weighted by atomic mass is 16.8. The number of rotatable bonds is 15. The first-order chi connectivity index (χ1) is 20.3. The highest BCUT2D eigenvalue weighted by Crippen LogP contribution is 2.36. The fourth-order valence-corrected chi connectivity index (χ4v) is 5.99. The van der Waals surface area contributed by atoms with E-state index in [-0.39, 0.29) is 19.3 Å². The quantitative estimate of drug-likeness (QED) is 0.247. The zero-order chi connectivity index (χ0) is 31.0. The van der Waals surface area contributed by atoms with Crippen molar-refractivity contribution in [3.05, 3.63) is 0 Å². The van der Waals surface area contributed by atoms with Gasteiger partial charge in [-0.15, -0.1) is 0 Å². The molecule has 0 aliphatic carbocycles. The molecule has 0 spiro atoms. The molecule has 3 aliphatic heterocycles. The van der Waals surface area contributed by atoms with Crippen LogP contribution in [-0.2, 0) is 66.3 Å². The zero-order valence-electron chi connectivity index (χ0n) is 26.4. The molecule has 15 atom stereocenters. The third-order valence-electron chi connectivity index (χ3n) is 8.15. The molecule has 3 rings (SSSR count). The Morgan fingerprint density at radius 1 is 0.452 bits per heavy atom. The van der Waals surface area contributed by atoms with Gasteiger partial charge in [-0.25, -0.2) is 0 Å². The Morgan fingerprint density at radius 3 is 1.24 bits per heavy atom. The normalized spacial score (nSPS) is 44.8. The van der Waals surface area contributed by atoms with Crippen LogP contribution in [0.5, 0.6) is 0 Å². The zero-order valence-corrected chi connectivity index (χ0v) is 26.4. The first-order valence-electron chi connectivity index (χ1n) is 14.0. The van der Waals surface area contributed by atoms with Crippen LogP contribution < -0.4 is 5.73 Å². The number of methoxy groups -OCH3 is 9. The van der Waals surface area contributed by atoms with E-state index in [4.69, 9.17) is 72.0 Å². The van der Waals surface area contributed by atoms with Gasteiger partial charge in [-0.2, -0.15) is 0 Å². The molecule has 248 valence electrons. The SMILES string of the molecule is COCC1OC(OC2C(COC)OC(OC)C(OC)C2OC)C(OC)C(OC)C1OC1OC(C)C(N)C(OC)C1OC. The maximum Gasteiger partial charge on any atom is 0.187 e. The molecule has 0 saturated carbocycles. The molecule has 0 bridgehead atoms. The molecule has 3 aliphatic rings. The topological polar surface area (TPSA) is 155 Å². The monoisotopic (exact) mass is 613 g/mol. The summed E-state index contributed by atoms with van der Waals surface area (Å²) >= 11 is 0. The second-order valence-corrected chi connectivity index (χ2v) is 10.4. The Hall–Kier alpha value is -0.600. The Kier molecular flexibility index (Phi) is 14.7. The van der Waals surface area contributed by atoms with E-state index >= 15 is 0 Å². The molecule has 2 N–H and O–H groups in total. The highest BCUT2D eigenvalue weighted by molar-refractivity contribution is 4.98. The second kappa shape index (κ2) is 17.2. The van der Waals surface area contributed by atoms with Gasteiger partial charge in [0, 0.05) is 64.0 Å². The first kappa shape index (κ1) is 35.9. The summed E-state index contributed by atoms with van der Waals surface area (Å²) in [5.74, 6) is 0. The number of ether oxygens (including phenoxy) is 14. The second-order valence-electron chi connectivity index (χ2n) is 10.4. The van der Waals surface area contributed by atoms with Crippen LogP contribution in [0.2, 0.25) is 0 Å². The predicted octanol–water partition coefficient (Wildman–Crippen LogP) is -0.692. The Bertz CT molecular complexity index is 768. The largest absolute Gasteiger partial charge is 0.382 e. The van der Waals surface area contributed by atoms with Gasteiger partial charge in [0.05, 0.1) is 25.4 Å². The van der Waals surface area contributed by atoms with E-state index in [2.05, 4.69) is 0 Å². The highest BCUT2D eigenvalue weighted by Gasteiger charge is 2.55. The van der Waals surface area contributed by atoms with Crippen LogP contribution in [0.25, 0.3) is 0 Å². The molecule has 15 heteroatoms. The van der Waals surface area contributed by atoms with Gasteiger partial charge in [-0.05, 0) is 6.92 Å². The van der Waals surface area contributed by atoms with E-state index in [9.17, 15) is 0 Å². The standard InChI is InChI=1S/C27H51NO14/c1-13-16(28)19(31-4)22(34-7)26(38-13)41-18-15(12-30-3)40-27(24(36-9)21(18)33-6)42-17-14(11-29-2)39-25(37-10)23(35-8)20(17)32-5/h13-27H,11-12,28H2,1-10H3. The van der Waals surface area contributed by atoms with Crippen LogP contribution in [0.4, 0.5) is 0 Å². The summed E-state index contributed by atoms with van der Waals surface area (Å²) in [6.45, 7) is 2.20. The average Bonchev–Trinajstić information content (AvgIpc) is 2.99. The lowest BCUT2D eigenvalue weighted by molar-refractivity contribution is -0.381. The minimum Gasteiger partial charge on any atom is -0.382 e. The molecule has 42 heavy (non-hydrogen) atoms. The lowest BCUT2D eigenvalue weighted by Crippen LogP contribution is -2.68. The van der Waals surface area contributed by atoms with Gasteiger partial charge in [0.2, 0.25) is 0 Å². The molecule has 3 fully saturated rings. The van der Waals surface area contributed by atoms with Gasteiger partial charge in [0.25, 0.3) is 0 Å². The van der Waals surface area contributed by atoms with Gasteiger partial charge in [-0.1, -0.05) is 0 Å². The van der Waals surface area contributed by atoms with Crippen molar-refractivity contribution in [2.75, 3.05) is 77.2 Å². The van der Waals surface area contributed by atoms with Crippen LogP contribution >= 0.6 is 0 Å². The van der Waals surface area contributed by atoms with E-state index in [1.807, 2.05) is 6.92 Å². The van der Waals surface area contributed by atoms with Crippen LogP contribution in [0.3, 0.4) is 0 Å². The molecule has 0 amide bonds. The third-order valence-corrected chi connectivity index (χ3v) is 8.15. The molecule has 0 aromatic carbocycles. The minimum atomic E-state index is -0.952. The summed E-state index contributed by atoms with van der Waals surface area (Å²) in [7, 11) is 14.0. The molecular weight excluding hydrogens is 562 g/mol. The Balaban J connectivity index is 1.90. The van der Waals surface area contributed by atoms with Crippen LogP contribution in [-0.4, -0.2) is 169 Å². The molecule has 0 radical (unpaired) electrons. The summed E-state index contributed by atoms with van der Waals surface area (Å²) in [5.41, 5.74) is 6.33. The molecular formula is C27H51NO14. The number of hydrogen-bond donors (Lipinski definition) is 1. The third kappa shape index (κ3) is 7.61. The Labute approximate surface area is 248 Å². The van der Waals surface area contributed by atoms with Crippen LogP contribution in [0.1, 0.15) is 6.92 Å². The van der Waals surface area contributed by atoms with Crippen molar-refractivity contribution in [3.63, 3.8) is 0 Å². The van der Waals surface area contributed by atoms with Crippen LogP contribution in [0, 0.1) is 0 Å². The van der Waals surface area contributed by atoms with Gasteiger partial charge < -0.3 is 72.0 Å². The van der Waals surface area contributed by atoms with Crippen molar-refractivity contribution in [1.82, 2.24) is 0 Å². The van der Waals surface area contributed by atoms with Gasteiger partial charge >= 0.3 is 0 Å². The van der Waals surface area contributed by atoms with E-state index in [0.717, 1.165) is 0 Å². The van der Waals surface area contributed by atoms with Crippen molar-refractivity contribution >= 4 is 0 Å². The predicted molar refractivity (Wildman–Crippen MR) is 145 cm³/mol. The van der Waals surface area contributed by atoms with Gasteiger partial charge in [0.15, 0.2) is 18.9 Å². The lowest BCUT2D eigenvalue weighted by Gasteiger charge is -2.50. The van der Waals surface area contributed by atoms with E-state index in [0.29, 0.717) is 0 Å². The van der Waals surface area contributed by atoms with Crippen molar-refractivity contribution in [2.24, 2.45) is 5.73 Å². The first-order valence-corrected chi connectivity index (χ1v) is 14.0. The van der Waals surface area contributed by atoms with Crippen molar-refractivity contribution in [1.29, 1.82) is 0 Å². The molecule has 3 saturated heterocycles. The molecule has 3 heterocycles. The summed E-state index contributed by atoms with van der Waals surface area (Å²) in [6, 6.07) is -0.417. The molecule has 0 aromatic rings. The summed E-state index contributed by atoms with van der Waals surface area (Å²) in [4.78, 5) is 0. The summed E-state index contributed by atoms with van der Waals surface area (Å²) in [5, 5.41) is 0. The van der Waals surface area contributed by atoms with Crippen molar-refractivity contribution < 1.29 is 66.3 Å². The summed E-state index contributed by atoms with van der Waals surface area (Å²) < 4.78 is 83.1. The van der Waals surface area contributed by atoms with Crippen LogP contribution in [0.15, 0.2) is 0 Å². The van der Waals surface area contributed by atoms with Crippen molar-refractivity contribution in [3.8, 4) is 0 Å². The molecule has 15 nitrogen and oxygen atoms in total. The molecule has 0 aromatic heterocycles. The fraction of sp³-hybridized carbons (Fsp3) is 1.00. The Morgan fingerprint density at radius 2 is 0.833 bits per heavy atom. The van der Waals surface area contributed by atoms with E-state index < -0.39 is 86.0 Å². The molecule has 15 unspecified atom stereocenters. The van der Waals surface area contributed by atoms with E-state index in [1.165, 1.54) is 14.2 Å². The maximum absolute atomic E-state index is 6.59. The minimum absolute atomic E-state index is 0.150. The van der Waals surface area contributed by atoms with Gasteiger partial charge in [-0.3, -0.25) is 0 Å². The smallest absolute Gasteiger partial charge is 0.187 e. The number of hydrogen-bond acceptors (Lipinski definition) is 15. The van der Waals surface area contributed by atoms with Gasteiger partial charge in [0.1, 0.15) is 61.0 Å². The summed E-state index contributed by atoms with van der Waals surface area (Å²) in [6.07, 6.45) is -9.25.